The first-order valence-corrected chi connectivity index (χ1v) is 8.77. The molecule has 0 spiro atoms. The third kappa shape index (κ3) is 4.39. The molecule has 1 aliphatic heterocycles. The smallest absolute Gasteiger partial charge is 0.219 e. The molecular formula is C19H26N4O2. The van der Waals surface area contributed by atoms with Crippen molar-refractivity contribution >= 4 is 5.91 Å². The normalized spacial score (nSPS) is 18.6. The van der Waals surface area contributed by atoms with Crippen LogP contribution in [0.4, 0.5) is 0 Å². The Morgan fingerprint density at radius 1 is 1.32 bits per heavy atom. The first-order chi connectivity index (χ1) is 12.0. The van der Waals surface area contributed by atoms with E-state index in [9.17, 15) is 4.79 Å². The van der Waals surface area contributed by atoms with Crippen molar-refractivity contribution < 1.29 is 9.53 Å². The fourth-order valence-corrected chi connectivity index (χ4v) is 3.23. The van der Waals surface area contributed by atoms with Crippen LogP contribution in [0.25, 0.3) is 0 Å². The number of aromatic nitrogens is 2. The molecule has 2 aromatic rings. The summed E-state index contributed by atoms with van der Waals surface area (Å²) in [5.74, 6) is 1.94. The number of nitrogens with one attached hydrogen (secondary N) is 1. The first-order valence-electron chi connectivity index (χ1n) is 8.77. The summed E-state index contributed by atoms with van der Waals surface area (Å²) in [6.07, 6.45) is 3.77. The second-order valence-corrected chi connectivity index (χ2v) is 6.72. The number of nitrogens with zero attached hydrogens (tertiary/aromatic N) is 3. The molecule has 0 radical (unpaired) electrons. The molecular weight excluding hydrogens is 316 g/mol. The standard InChI is InChI=1S/C19H26N4O2/c1-14(2)25-17-6-4-16(5-7-17)18-12-22(15(3)24)10-11-23(18)13-19-20-8-9-21-19/h4-9,14,18H,10-13H2,1-3H3,(H,20,21). The highest BCUT2D eigenvalue weighted by atomic mass is 16.5. The second-order valence-electron chi connectivity index (χ2n) is 6.72. The van der Waals surface area contributed by atoms with Crippen LogP contribution in [0.3, 0.4) is 0 Å². The lowest BCUT2D eigenvalue weighted by atomic mass is 10.0. The zero-order valence-corrected chi connectivity index (χ0v) is 15.1. The third-order valence-corrected chi connectivity index (χ3v) is 4.48. The fraction of sp³-hybridized carbons (Fsp3) is 0.474. The lowest BCUT2D eigenvalue weighted by Crippen LogP contribution is -2.49. The quantitative estimate of drug-likeness (QED) is 0.907. The largest absolute Gasteiger partial charge is 0.491 e. The number of ether oxygens (including phenoxy) is 1. The van der Waals surface area contributed by atoms with Gasteiger partial charge in [0, 0.05) is 39.0 Å². The molecule has 1 atom stereocenters. The van der Waals surface area contributed by atoms with E-state index in [2.05, 4.69) is 27.0 Å². The summed E-state index contributed by atoms with van der Waals surface area (Å²) in [6, 6.07) is 8.36. The van der Waals surface area contributed by atoms with Gasteiger partial charge in [-0.05, 0) is 31.5 Å². The van der Waals surface area contributed by atoms with Crippen molar-refractivity contribution in [2.24, 2.45) is 0 Å². The van der Waals surface area contributed by atoms with Crippen molar-refractivity contribution in [1.29, 1.82) is 0 Å². The maximum atomic E-state index is 11.8. The zero-order chi connectivity index (χ0) is 17.8. The monoisotopic (exact) mass is 342 g/mol. The molecule has 0 aliphatic carbocycles. The fourth-order valence-electron chi connectivity index (χ4n) is 3.23. The van der Waals surface area contributed by atoms with Crippen molar-refractivity contribution in [1.82, 2.24) is 19.8 Å². The second kappa shape index (κ2) is 7.70. The third-order valence-electron chi connectivity index (χ3n) is 4.48. The number of carbonyl (C=O) groups excluding carboxylic acids is 1. The number of carbonyl (C=O) groups is 1. The average Bonchev–Trinajstić information content (AvgIpc) is 3.08. The molecule has 1 N–H and O–H groups in total. The highest BCUT2D eigenvalue weighted by Gasteiger charge is 2.29. The highest BCUT2D eigenvalue weighted by molar-refractivity contribution is 5.73. The van der Waals surface area contributed by atoms with E-state index in [1.165, 1.54) is 5.56 Å². The van der Waals surface area contributed by atoms with E-state index in [1.54, 1.807) is 13.1 Å². The molecule has 3 rings (SSSR count). The van der Waals surface area contributed by atoms with Gasteiger partial charge < -0.3 is 14.6 Å². The molecule has 0 bridgehead atoms. The van der Waals surface area contributed by atoms with Crippen LogP contribution in [0.2, 0.25) is 0 Å². The number of benzene rings is 1. The molecule has 1 aromatic heterocycles. The van der Waals surface area contributed by atoms with E-state index in [0.29, 0.717) is 6.54 Å². The molecule has 2 heterocycles. The van der Waals surface area contributed by atoms with Gasteiger partial charge in [0.05, 0.1) is 18.7 Å². The Kier molecular flexibility index (Phi) is 5.38. The van der Waals surface area contributed by atoms with Crippen molar-refractivity contribution in [3.05, 3.63) is 48.0 Å². The van der Waals surface area contributed by atoms with Crippen molar-refractivity contribution in [3.63, 3.8) is 0 Å². The SMILES string of the molecule is CC(=O)N1CCN(Cc2ncc[nH]2)C(c2ccc(OC(C)C)cc2)C1. The lowest BCUT2D eigenvalue weighted by molar-refractivity contribution is -0.132. The minimum Gasteiger partial charge on any atom is -0.491 e. The molecule has 1 saturated heterocycles. The maximum Gasteiger partial charge on any atom is 0.219 e. The molecule has 134 valence electrons. The van der Waals surface area contributed by atoms with E-state index in [-0.39, 0.29) is 18.1 Å². The number of imidazole rings is 1. The molecule has 1 aliphatic rings. The molecule has 1 fully saturated rings. The number of aromatic amines is 1. The summed E-state index contributed by atoms with van der Waals surface area (Å²) in [7, 11) is 0. The van der Waals surface area contributed by atoms with Gasteiger partial charge in [-0.1, -0.05) is 12.1 Å². The number of amides is 1. The Morgan fingerprint density at radius 2 is 2.08 bits per heavy atom. The predicted octanol–water partition coefficient (Wildman–Crippen LogP) is 2.60. The summed E-state index contributed by atoms with van der Waals surface area (Å²) >= 11 is 0. The molecule has 0 saturated carbocycles. The topological polar surface area (TPSA) is 61.5 Å². The van der Waals surface area contributed by atoms with E-state index in [4.69, 9.17) is 4.74 Å². The van der Waals surface area contributed by atoms with Gasteiger partial charge in [-0.15, -0.1) is 0 Å². The van der Waals surface area contributed by atoms with Gasteiger partial charge in [0.25, 0.3) is 0 Å². The molecule has 1 unspecified atom stereocenters. The van der Waals surface area contributed by atoms with Gasteiger partial charge in [-0.3, -0.25) is 9.69 Å². The Hall–Kier alpha value is -2.34. The minimum absolute atomic E-state index is 0.127. The maximum absolute atomic E-state index is 11.8. The minimum atomic E-state index is 0.127. The number of piperazine rings is 1. The predicted molar refractivity (Wildman–Crippen MR) is 96.2 cm³/mol. The van der Waals surface area contributed by atoms with Crippen LogP contribution in [0.15, 0.2) is 36.7 Å². The van der Waals surface area contributed by atoms with Crippen molar-refractivity contribution in [2.45, 2.75) is 39.5 Å². The van der Waals surface area contributed by atoms with Crippen LogP contribution in [0, 0.1) is 0 Å². The number of hydrogen-bond acceptors (Lipinski definition) is 4. The summed E-state index contributed by atoms with van der Waals surface area (Å²) in [5, 5.41) is 0. The van der Waals surface area contributed by atoms with Gasteiger partial charge in [-0.2, -0.15) is 0 Å². The molecule has 25 heavy (non-hydrogen) atoms. The summed E-state index contributed by atoms with van der Waals surface area (Å²) < 4.78 is 5.73. The Morgan fingerprint density at radius 3 is 2.68 bits per heavy atom. The first kappa shape index (κ1) is 17.5. The zero-order valence-electron chi connectivity index (χ0n) is 15.1. The Bertz CT molecular complexity index is 682. The highest BCUT2D eigenvalue weighted by Crippen LogP contribution is 2.28. The number of hydrogen-bond donors (Lipinski definition) is 1. The average molecular weight is 342 g/mol. The van der Waals surface area contributed by atoms with Crippen molar-refractivity contribution in [3.8, 4) is 5.75 Å². The Balaban J connectivity index is 1.79. The molecule has 1 amide bonds. The van der Waals surface area contributed by atoms with Crippen LogP contribution in [-0.4, -0.2) is 51.4 Å². The van der Waals surface area contributed by atoms with Crippen LogP contribution >= 0.6 is 0 Å². The van der Waals surface area contributed by atoms with Gasteiger partial charge in [0.1, 0.15) is 11.6 Å². The van der Waals surface area contributed by atoms with Gasteiger partial charge in [0.2, 0.25) is 5.91 Å². The van der Waals surface area contributed by atoms with Crippen LogP contribution in [-0.2, 0) is 11.3 Å². The van der Waals surface area contributed by atoms with Gasteiger partial charge in [0.15, 0.2) is 0 Å². The van der Waals surface area contributed by atoms with Gasteiger partial charge >= 0.3 is 0 Å². The molecule has 6 heteroatoms. The molecule has 6 nitrogen and oxygen atoms in total. The van der Waals surface area contributed by atoms with Crippen LogP contribution < -0.4 is 4.74 Å². The molecule has 1 aromatic carbocycles. The Labute approximate surface area is 148 Å². The number of rotatable bonds is 5. The van der Waals surface area contributed by atoms with Crippen LogP contribution in [0.1, 0.15) is 38.2 Å². The summed E-state index contributed by atoms with van der Waals surface area (Å²) in [5.41, 5.74) is 1.19. The van der Waals surface area contributed by atoms with E-state index < -0.39 is 0 Å². The van der Waals surface area contributed by atoms with E-state index in [1.807, 2.05) is 37.1 Å². The lowest BCUT2D eigenvalue weighted by Gasteiger charge is -2.41. The van der Waals surface area contributed by atoms with E-state index in [0.717, 1.165) is 31.2 Å². The summed E-state index contributed by atoms with van der Waals surface area (Å²) in [4.78, 5) is 23.6. The van der Waals surface area contributed by atoms with Gasteiger partial charge in [-0.25, -0.2) is 4.98 Å². The number of H-pyrrole nitrogens is 1. The van der Waals surface area contributed by atoms with Crippen LogP contribution in [0.5, 0.6) is 5.75 Å². The summed E-state index contributed by atoms with van der Waals surface area (Å²) in [6.45, 7) is 8.69. The van der Waals surface area contributed by atoms with Crippen molar-refractivity contribution in [2.75, 3.05) is 19.6 Å². The van der Waals surface area contributed by atoms with E-state index >= 15 is 0 Å².